The minimum Gasteiger partial charge on any atom is -0.373 e. The highest BCUT2D eigenvalue weighted by Crippen LogP contribution is 2.31. The molecule has 1 aliphatic carbocycles. The van der Waals surface area contributed by atoms with Crippen molar-refractivity contribution in [3.05, 3.63) is 34.9 Å². The van der Waals surface area contributed by atoms with Crippen molar-refractivity contribution in [2.75, 3.05) is 19.6 Å². The standard InChI is InChI=1S/C21H33NO/c1-15-12-22(13-16(2)23-15)14-17-6-7-19-11-20(21(3,4)5)9-8-18(19)10-17/h8-9,11,15-17H,6-7,10,12-14H2,1-5H3/t15-,16+,17?. The van der Waals surface area contributed by atoms with E-state index in [-0.39, 0.29) is 5.41 Å². The van der Waals surface area contributed by atoms with Crippen molar-refractivity contribution in [3.8, 4) is 0 Å². The van der Waals surface area contributed by atoms with Crippen molar-refractivity contribution < 1.29 is 4.74 Å². The van der Waals surface area contributed by atoms with Crippen LogP contribution in [-0.4, -0.2) is 36.7 Å². The van der Waals surface area contributed by atoms with Gasteiger partial charge in [-0.1, -0.05) is 39.0 Å². The highest BCUT2D eigenvalue weighted by molar-refractivity contribution is 5.37. The molecule has 2 heteroatoms. The highest BCUT2D eigenvalue weighted by atomic mass is 16.5. The van der Waals surface area contributed by atoms with Crippen molar-refractivity contribution in [1.82, 2.24) is 4.90 Å². The molecule has 3 atom stereocenters. The average molecular weight is 316 g/mol. The van der Waals surface area contributed by atoms with Crippen LogP contribution in [0, 0.1) is 5.92 Å². The van der Waals surface area contributed by atoms with E-state index in [0.717, 1.165) is 19.0 Å². The first kappa shape index (κ1) is 17.0. The zero-order valence-corrected chi connectivity index (χ0v) is 15.6. The molecule has 3 rings (SSSR count). The predicted molar refractivity (Wildman–Crippen MR) is 97.1 cm³/mol. The first-order valence-corrected chi connectivity index (χ1v) is 9.31. The van der Waals surface area contributed by atoms with Crippen LogP contribution in [-0.2, 0) is 23.0 Å². The Labute approximate surface area is 142 Å². The molecule has 0 bridgehead atoms. The fourth-order valence-corrected chi connectivity index (χ4v) is 4.25. The summed E-state index contributed by atoms with van der Waals surface area (Å²) in [5.74, 6) is 0.806. The molecule has 2 aliphatic rings. The zero-order valence-electron chi connectivity index (χ0n) is 15.6. The first-order chi connectivity index (χ1) is 10.8. The van der Waals surface area contributed by atoms with Gasteiger partial charge in [-0.15, -0.1) is 0 Å². The lowest BCUT2D eigenvalue weighted by atomic mass is 9.79. The Bertz CT molecular complexity index is 535. The summed E-state index contributed by atoms with van der Waals surface area (Å²) >= 11 is 0. The molecule has 1 aromatic rings. The van der Waals surface area contributed by atoms with Gasteiger partial charge in [0.25, 0.3) is 0 Å². The molecule has 0 saturated carbocycles. The van der Waals surface area contributed by atoms with E-state index in [1.807, 2.05) is 0 Å². The lowest BCUT2D eigenvalue weighted by molar-refractivity contribution is -0.0717. The number of ether oxygens (including phenoxy) is 1. The van der Waals surface area contributed by atoms with E-state index in [2.05, 4.69) is 57.7 Å². The van der Waals surface area contributed by atoms with Gasteiger partial charge in [-0.25, -0.2) is 0 Å². The maximum atomic E-state index is 5.87. The second-order valence-electron chi connectivity index (χ2n) is 8.82. The molecule has 1 aromatic carbocycles. The Balaban J connectivity index is 1.64. The molecule has 1 aliphatic heterocycles. The topological polar surface area (TPSA) is 12.5 Å². The van der Waals surface area contributed by atoms with Crippen LogP contribution in [0.1, 0.15) is 57.7 Å². The smallest absolute Gasteiger partial charge is 0.0678 e. The Morgan fingerprint density at radius 2 is 1.78 bits per heavy atom. The molecule has 1 fully saturated rings. The van der Waals surface area contributed by atoms with Crippen LogP contribution in [0.2, 0.25) is 0 Å². The first-order valence-electron chi connectivity index (χ1n) is 9.31. The Morgan fingerprint density at radius 1 is 1.09 bits per heavy atom. The summed E-state index contributed by atoms with van der Waals surface area (Å²) in [4.78, 5) is 2.62. The van der Waals surface area contributed by atoms with Gasteiger partial charge in [0.2, 0.25) is 0 Å². The van der Waals surface area contributed by atoms with E-state index in [1.54, 1.807) is 11.1 Å². The zero-order chi connectivity index (χ0) is 16.6. The van der Waals surface area contributed by atoms with E-state index >= 15 is 0 Å². The third-order valence-corrected chi connectivity index (χ3v) is 5.41. The third-order valence-electron chi connectivity index (χ3n) is 5.41. The number of rotatable bonds is 2. The molecule has 1 saturated heterocycles. The van der Waals surface area contributed by atoms with Crippen LogP contribution in [0.4, 0.5) is 0 Å². The molecule has 1 heterocycles. The summed E-state index contributed by atoms with van der Waals surface area (Å²) in [7, 11) is 0. The molecule has 0 aromatic heterocycles. The van der Waals surface area contributed by atoms with Gasteiger partial charge in [0.1, 0.15) is 0 Å². The number of hydrogen-bond donors (Lipinski definition) is 0. The summed E-state index contributed by atoms with van der Waals surface area (Å²) < 4.78 is 5.87. The molecule has 23 heavy (non-hydrogen) atoms. The van der Waals surface area contributed by atoms with E-state index < -0.39 is 0 Å². The monoisotopic (exact) mass is 315 g/mol. The summed E-state index contributed by atoms with van der Waals surface area (Å²) in [6.45, 7) is 14.7. The van der Waals surface area contributed by atoms with Gasteiger partial charge in [0, 0.05) is 19.6 Å². The van der Waals surface area contributed by atoms with Crippen molar-refractivity contribution >= 4 is 0 Å². The van der Waals surface area contributed by atoms with Crippen molar-refractivity contribution in [1.29, 1.82) is 0 Å². The van der Waals surface area contributed by atoms with Gasteiger partial charge in [-0.3, -0.25) is 4.90 Å². The van der Waals surface area contributed by atoms with Crippen LogP contribution in [0.3, 0.4) is 0 Å². The largest absolute Gasteiger partial charge is 0.373 e. The van der Waals surface area contributed by atoms with Crippen LogP contribution in [0.25, 0.3) is 0 Å². The van der Waals surface area contributed by atoms with Crippen LogP contribution in [0.5, 0.6) is 0 Å². The van der Waals surface area contributed by atoms with E-state index in [0.29, 0.717) is 12.2 Å². The Morgan fingerprint density at radius 3 is 2.43 bits per heavy atom. The van der Waals surface area contributed by atoms with Crippen LogP contribution < -0.4 is 0 Å². The number of aryl methyl sites for hydroxylation is 1. The predicted octanol–water partition coefficient (Wildman–Crippen LogP) is 4.20. The van der Waals surface area contributed by atoms with Gasteiger partial charge in [-0.2, -0.15) is 0 Å². The SMILES string of the molecule is C[C@@H]1CN(CC2CCc3cc(C(C)(C)C)ccc3C2)C[C@H](C)O1. The third kappa shape index (κ3) is 4.16. The quantitative estimate of drug-likeness (QED) is 0.811. The van der Waals surface area contributed by atoms with Gasteiger partial charge in [0.05, 0.1) is 12.2 Å². The average Bonchev–Trinajstić information content (AvgIpc) is 2.44. The molecule has 0 N–H and O–H groups in total. The van der Waals surface area contributed by atoms with Crippen LogP contribution in [0.15, 0.2) is 18.2 Å². The summed E-state index contributed by atoms with van der Waals surface area (Å²) in [5, 5.41) is 0. The second kappa shape index (κ2) is 6.57. The number of fused-ring (bicyclic) bond motifs is 1. The molecular weight excluding hydrogens is 282 g/mol. The normalized spacial score (nSPS) is 29.3. The minimum absolute atomic E-state index is 0.256. The molecule has 128 valence electrons. The summed E-state index contributed by atoms with van der Waals surface area (Å²) in [6, 6.07) is 7.21. The maximum absolute atomic E-state index is 5.87. The van der Waals surface area contributed by atoms with Crippen LogP contribution >= 0.6 is 0 Å². The van der Waals surface area contributed by atoms with Gasteiger partial charge in [-0.05, 0) is 61.1 Å². The fourth-order valence-electron chi connectivity index (χ4n) is 4.25. The van der Waals surface area contributed by atoms with Crippen molar-refractivity contribution in [2.45, 2.75) is 71.5 Å². The van der Waals surface area contributed by atoms with Crippen molar-refractivity contribution in [3.63, 3.8) is 0 Å². The maximum Gasteiger partial charge on any atom is 0.0678 e. The summed E-state index contributed by atoms with van der Waals surface area (Å²) in [6.07, 6.45) is 4.59. The molecule has 2 nitrogen and oxygen atoms in total. The Kier molecular flexibility index (Phi) is 4.85. The minimum atomic E-state index is 0.256. The fraction of sp³-hybridized carbons (Fsp3) is 0.714. The number of nitrogens with zero attached hydrogens (tertiary/aromatic N) is 1. The summed E-state index contributed by atoms with van der Waals surface area (Å²) in [5.41, 5.74) is 4.91. The lowest BCUT2D eigenvalue weighted by Crippen LogP contribution is -2.47. The molecule has 1 unspecified atom stereocenters. The van der Waals surface area contributed by atoms with E-state index in [1.165, 1.54) is 31.4 Å². The molecular formula is C21H33NO. The highest BCUT2D eigenvalue weighted by Gasteiger charge is 2.27. The number of morpholine rings is 1. The molecule has 0 amide bonds. The van der Waals surface area contributed by atoms with E-state index in [9.17, 15) is 0 Å². The van der Waals surface area contributed by atoms with Crippen molar-refractivity contribution in [2.24, 2.45) is 5.92 Å². The van der Waals surface area contributed by atoms with Gasteiger partial charge < -0.3 is 4.74 Å². The molecule has 0 radical (unpaired) electrons. The number of benzene rings is 1. The molecule has 0 spiro atoms. The lowest BCUT2D eigenvalue weighted by Gasteiger charge is -2.38. The Hall–Kier alpha value is -0.860. The van der Waals surface area contributed by atoms with Gasteiger partial charge in [0.15, 0.2) is 0 Å². The second-order valence-corrected chi connectivity index (χ2v) is 8.82. The van der Waals surface area contributed by atoms with Gasteiger partial charge >= 0.3 is 0 Å². The van der Waals surface area contributed by atoms with E-state index in [4.69, 9.17) is 4.74 Å². The number of hydrogen-bond acceptors (Lipinski definition) is 2.